The van der Waals surface area contributed by atoms with Crippen LogP contribution in [0.25, 0.3) is 0 Å². The Balaban J connectivity index is 2.08. The minimum atomic E-state index is -3.69. The van der Waals surface area contributed by atoms with Gasteiger partial charge < -0.3 is 9.32 Å². The lowest BCUT2D eigenvalue weighted by Gasteiger charge is -2.19. The Hall–Kier alpha value is -2.19. The predicted molar refractivity (Wildman–Crippen MR) is 84.5 cm³/mol. The number of nitrogens with zero attached hydrogens (tertiary/aromatic N) is 2. The molecule has 124 valence electrons. The molecule has 23 heavy (non-hydrogen) atoms. The number of aromatic nitrogens is 1. The van der Waals surface area contributed by atoms with Crippen molar-refractivity contribution in [2.45, 2.75) is 18.4 Å². The molecule has 0 fully saturated rings. The first kappa shape index (κ1) is 17.2. The van der Waals surface area contributed by atoms with Crippen LogP contribution in [0.2, 0.25) is 0 Å². The Labute approximate surface area is 135 Å². The zero-order valence-corrected chi connectivity index (χ0v) is 13.8. The van der Waals surface area contributed by atoms with Crippen molar-refractivity contribution in [1.82, 2.24) is 14.6 Å². The van der Waals surface area contributed by atoms with Gasteiger partial charge in [-0.2, -0.15) is 0 Å². The van der Waals surface area contributed by atoms with Crippen molar-refractivity contribution in [3.8, 4) is 0 Å². The lowest BCUT2D eigenvalue weighted by molar-refractivity contribution is 0.0728. The Bertz CT molecular complexity index is 756. The Morgan fingerprint density at radius 3 is 2.57 bits per heavy atom. The predicted octanol–water partition coefficient (Wildman–Crippen LogP) is 1.29. The molecular weight excluding hydrogens is 318 g/mol. The van der Waals surface area contributed by atoms with Crippen molar-refractivity contribution in [1.29, 1.82) is 0 Å². The molecule has 0 aliphatic rings. The third-order valence-corrected chi connectivity index (χ3v) is 4.70. The van der Waals surface area contributed by atoms with Gasteiger partial charge in [0.1, 0.15) is 0 Å². The van der Waals surface area contributed by atoms with E-state index in [4.69, 9.17) is 4.42 Å². The van der Waals surface area contributed by atoms with E-state index in [1.807, 2.05) is 19.1 Å². The number of furan rings is 1. The molecule has 1 amide bonds. The maximum atomic E-state index is 12.4. The molecule has 2 heterocycles. The maximum absolute atomic E-state index is 12.4. The average Bonchev–Trinajstić information content (AvgIpc) is 3.07. The number of carbonyl (C=O) groups is 1. The number of pyridine rings is 1. The van der Waals surface area contributed by atoms with Crippen LogP contribution >= 0.6 is 0 Å². The summed E-state index contributed by atoms with van der Waals surface area (Å²) in [5, 5.41) is -0.270. The summed E-state index contributed by atoms with van der Waals surface area (Å²) in [6.45, 7) is 2.87. The average molecular weight is 337 g/mol. The van der Waals surface area contributed by atoms with Gasteiger partial charge in [-0.3, -0.25) is 9.78 Å². The van der Waals surface area contributed by atoms with Gasteiger partial charge in [0.25, 0.3) is 15.9 Å². The highest BCUT2D eigenvalue weighted by Gasteiger charge is 2.22. The smallest absolute Gasteiger partial charge is 0.289 e. The molecule has 0 atom stereocenters. The van der Waals surface area contributed by atoms with E-state index in [0.717, 1.165) is 5.56 Å². The van der Waals surface area contributed by atoms with Crippen molar-refractivity contribution in [2.24, 2.45) is 0 Å². The van der Waals surface area contributed by atoms with Crippen molar-refractivity contribution in [2.75, 3.05) is 20.1 Å². The molecule has 0 bridgehead atoms. The van der Waals surface area contributed by atoms with E-state index in [1.54, 1.807) is 17.3 Å². The molecule has 1 N–H and O–H groups in total. The van der Waals surface area contributed by atoms with E-state index in [0.29, 0.717) is 19.5 Å². The molecule has 0 saturated carbocycles. The van der Waals surface area contributed by atoms with Crippen molar-refractivity contribution >= 4 is 15.9 Å². The zero-order chi connectivity index (χ0) is 16.9. The van der Waals surface area contributed by atoms with E-state index in [9.17, 15) is 13.2 Å². The molecule has 2 rings (SSSR count). The molecule has 0 radical (unpaired) electrons. The summed E-state index contributed by atoms with van der Waals surface area (Å²) in [5.74, 6) is -0.325. The number of rotatable bonds is 7. The van der Waals surface area contributed by atoms with Crippen LogP contribution in [-0.4, -0.2) is 44.3 Å². The first-order valence-electron chi connectivity index (χ1n) is 7.19. The third-order valence-electron chi connectivity index (χ3n) is 3.41. The van der Waals surface area contributed by atoms with Crippen LogP contribution in [-0.2, 0) is 16.4 Å². The lowest BCUT2D eigenvalue weighted by atomic mass is 10.2. The molecule has 0 unspecified atom stereocenters. The van der Waals surface area contributed by atoms with E-state index in [2.05, 4.69) is 9.71 Å². The van der Waals surface area contributed by atoms with Crippen LogP contribution in [0.3, 0.4) is 0 Å². The fourth-order valence-corrected chi connectivity index (χ4v) is 2.70. The van der Waals surface area contributed by atoms with Gasteiger partial charge in [-0.25, -0.2) is 13.1 Å². The van der Waals surface area contributed by atoms with E-state index in [1.165, 1.54) is 19.2 Å². The quantitative estimate of drug-likeness (QED) is 0.822. The van der Waals surface area contributed by atoms with Crippen LogP contribution < -0.4 is 4.72 Å². The summed E-state index contributed by atoms with van der Waals surface area (Å²) in [4.78, 5) is 18.0. The topological polar surface area (TPSA) is 92.5 Å². The number of sulfonamides is 1. The standard InChI is InChI=1S/C15H19N3O4S/c1-3-18(11-8-12-6-9-17-10-7-12)15(19)13-4-5-14(22-13)23(20,21)16-2/h4-7,9-10,16H,3,8,11H2,1-2H3. The minimum Gasteiger partial charge on any atom is -0.438 e. The molecule has 0 aliphatic carbocycles. The highest BCUT2D eigenvalue weighted by Crippen LogP contribution is 2.15. The lowest BCUT2D eigenvalue weighted by Crippen LogP contribution is -2.32. The molecule has 7 nitrogen and oxygen atoms in total. The van der Waals surface area contributed by atoms with Gasteiger partial charge in [-0.1, -0.05) is 0 Å². The van der Waals surface area contributed by atoms with E-state index >= 15 is 0 Å². The molecule has 2 aromatic heterocycles. The fraction of sp³-hybridized carbons (Fsp3) is 0.333. The van der Waals surface area contributed by atoms with Gasteiger partial charge in [0.05, 0.1) is 0 Å². The van der Waals surface area contributed by atoms with Gasteiger partial charge >= 0.3 is 0 Å². The van der Waals surface area contributed by atoms with Gasteiger partial charge in [0, 0.05) is 25.5 Å². The first-order chi connectivity index (χ1) is 11.0. The van der Waals surface area contributed by atoms with Crippen LogP contribution in [0.4, 0.5) is 0 Å². The first-order valence-corrected chi connectivity index (χ1v) is 8.67. The third kappa shape index (κ3) is 4.17. The normalized spacial score (nSPS) is 11.4. The number of likely N-dealkylation sites (N-methyl/N-ethyl adjacent to an activating group) is 1. The van der Waals surface area contributed by atoms with Crippen LogP contribution in [0, 0.1) is 0 Å². The number of hydrogen-bond donors (Lipinski definition) is 1. The van der Waals surface area contributed by atoms with Crippen LogP contribution in [0.5, 0.6) is 0 Å². The Morgan fingerprint density at radius 2 is 1.96 bits per heavy atom. The van der Waals surface area contributed by atoms with Gasteiger partial charge in [0.2, 0.25) is 5.09 Å². The van der Waals surface area contributed by atoms with Gasteiger partial charge in [-0.05, 0) is 50.2 Å². The molecular formula is C15H19N3O4S. The van der Waals surface area contributed by atoms with E-state index in [-0.39, 0.29) is 16.8 Å². The highest BCUT2D eigenvalue weighted by molar-refractivity contribution is 7.89. The Morgan fingerprint density at radius 1 is 1.26 bits per heavy atom. The van der Waals surface area contributed by atoms with Crippen molar-refractivity contribution < 1.29 is 17.6 Å². The van der Waals surface area contributed by atoms with Gasteiger partial charge in [-0.15, -0.1) is 0 Å². The Kier molecular flexibility index (Phi) is 5.51. The van der Waals surface area contributed by atoms with Crippen molar-refractivity contribution in [3.05, 3.63) is 48.0 Å². The summed E-state index contributed by atoms with van der Waals surface area (Å²) in [7, 11) is -2.41. The maximum Gasteiger partial charge on any atom is 0.289 e. The fourth-order valence-electron chi connectivity index (χ4n) is 2.05. The van der Waals surface area contributed by atoms with Gasteiger partial charge in [0.15, 0.2) is 5.76 Å². The molecule has 0 saturated heterocycles. The number of hydrogen-bond acceptors (Lipinski definition) is 5. The number of carbonyl (C=O) groups excluding carboxylic acids is 1. The summed E-state index contributed by atoms with van der Waals surface area (Å²) in [6, 6.07) is 6.43. The SMILES string of the molecule is CCN(CCc1ccncc1)C(=O)c1ccc(S(=O)(=O)NC)o1. The molecule has 0 aromatic carbocycles. The molecule has 0 aliphatic heterocycles. The summed E-state index contributed by atoms with van der Waals surface area (Å²) in [5.41, 5.74) is 1.07. The summed E-state index contributed by atoms with van der Waals surface area (Å²) in [6.07, 6.45) is 4.09. The number of amides is 1. The second kappa shape index (κ2) is 7.38. The summed E-state index contributed by atoms with van der Waals surface area (Å²) >= 11 is 0. The highest BCUT2D eigenvalue weighted by atomic mass is 32.2. The van der Waals surface area contributed by atoms with Crippen LogP contribution in [0.15, 0.2) is 46.2 Å². The molecule has 8 heteroatoms. The van der Waals surface area contributed by atoms with Crippen molar-refractivity contribution in [3.63, 3.8) is 0 Å². The molecule has 0 spiro atoms. The zero-order valence-electron chi connectivity index (χ0n) is 13.0. The van der Waals surface area contributed by atoms with Crippen LogP contribution in [0.1, 0.15) is 23.0 Å². The molecule has 2 aromatic rings. The largest absolute Gasteiger partial charge is 0.438 e. The van der Waals surface area contributed by atoms with E-state index < -0.39 is 10.0 Å². The second-order valence-corrected chi connectivity index (χ2v) is 6.63. The number of nitrogens with one attached hydrogen (secondary N) is 1. The second-order valence-electron chi connectivity index (χ2n) is 4.82. The minimum absolute atomic E-state index is 0.00963. The monoisotopic (exact) mass is 337 g/mol. The summed E-state index contributed by atoms with van der Waals surface area (Å²) < 4.78 is 30.6.